The first-order valence-corrected chi connectivity index (χ1v) is 29.9. The zero-order valence-electron chi connectivity index (χ0n) is 44.9. The van der Waals surface area contributed by atoms with Crippen molar-refractivity contribution in [2.45, 2.75) is 132 Å². The molecule has 0 aromatic heterocycles. The molecule has 22 nitrogen and oxygen atoms in total. The summed E-state index contributed by atoms with van der Waals surface area (Å²) in [5.41, 5.74) is 4.64. The normalized spacial score (nSPS) is 16.5. The van der Waals surface area contributed by atoms with Crippen LogP contribution in [0.3, 0.4) is 0 Å². The van der Waals surface area contributed by atoms with Gasteiger partial charge in [-0.25, -0.2) is 14.4 Å². The van der Waals surface area contributed by atoms with Crippen LogP contribution >= 0.6 is 0 Å². The third-order valence-electron chi connectivity index (χ3n) is 14.0. The molecule has 0 saturated carbocycles. The number of unbranched alkanes of at least 4 members (excludes halogenated alkanes) is 1. The van der Waals surface area contributed by atoms with Crippen LogP contribution < -0.4 is 25.6 Å². The zero-order valence-corrected chi connectivity index (χ0v) is 47.3. The van der Waals surface area contributed by atoms with E-state index in [2.05, 4.69) is 17.2 Å². The monoisotopic (exact) mass is 1170 g/mol. The highest BCUT2D eigenvalue weighted by molar-refractivity contribution is 7.86. The fourth-order valence-electron chi connectivity index (χ4n) is 9.35. The molecule has 1 aliphatic heterocycles. The van der Waals surface area contributed by atoms with Crippen molar-refractivity contribution in [3.8, 4) is 5.75 Å². The van der Waals surface area contributed by atoms with Crippen molar-refractivity contribution in [3.05, 3.63) is 142 Å². The molecule has 2 atom stereocenters. The highest BCUT2D eigenvalue weighted by Gasteiger charge is 2.41. The number of urea groups is 1. The second kappa shape index (κ2) is 26.4. The first-order valence-electron chi connectivity index (χ1n) is 25.4. The predicted molar refractivity (Wildman–Crippen MR) is 296 cm³/mol. The van der Waals surface area contributed by atoms with Crippen LogP contribution in [0.4, 0.5) is 10.5 Å². The lowest BCUT2D eigenvalue weighted by molar-refractivity contribution is -0.141. The summed E-state index contributed by atoms with van der Waals surface area (Å²) in [6.07, 6.45) is 8.47. The number of ether oxygens (including phenoxy) is 1. The van der Waals surface area contributed by atoms with E-state index in [1.807, 2.05) is 69.1 Å². The lowest BCUT2D eigenvalue weighted by atomic mass is 9.76. The van der Waals surface area contributed by atoms with Crippen molar-refractivity contribution < 1.29 is 82.9 Å². The standard InChI is InChI=1S/C55H68N4O18S3/c1-34-12-20-40(79(71,72)73)32-42(34)54(3,4)35(2)13-16-37-10-9-11-38(17-25-47-55(5,6)43-33-41(80(74,75)76)21-24-46(43)59(47)30-7-8-31-78(68,69)70)50(37)77-39-18-14-36(15-19-39)28-29-56-48(60)26-22-44(51(63)64)57-53(67)58-45(52(65)66)23-27-49(61)62/h12-21,24-25,32-33,44-45H,2,7-11,22-23,26-31H2,1,3-6H3,(H,56,60)(H,61,62)(H,63,64)(H,65,66)(H2,57,58,67)(H,68,69,70)(H,71,72,73)(H,74,75,76)/b16-13+,38-17+,47-25+/t44-,45?/m0/s1. The summed E-state index contributed by atoms with van der Waals surface area (Å²) in [7, 11) is -13.3. The second-order valence-corrected chi connectivity index (χ2v) is 24.9. The summed E-state index contributed by atoms with van der Waals surface area (Å²) in [5, 5.41) is 34.6. The number of nitrogens with zero attached hydrogens (tertiary/aromatic N) is 1. The van der Waals surface area contributed by atoms with Crippen LogP contribution in [0.5, 0.6) is 5.75 Å². The smallest absolute Gasteiger partial charge is 0.326 e. The number of rotatable bonds is 27. The van der Waals surface area contributed by atoms with Crippen molar-refractivity contribution in [2.75, 3.05) is 23.7 Å². The molecule has 1 heterocycles. The Hall–Kier alpha value is -7.16. The number of fused-ring (bicyclic) bond motifs is 1. The number of benzene rings is 3. The van der Waals surface area contributed by atoms with E-state index in [1.165, 1.54) is 24.3 Å². The molecule has 2 aliphatic rings. The lowest BCUT2D eigenvalue weighted by Crippen LogP contribution is -2.51. The Morgan fingerprint density at radius 2 is 1.40 bits per heavy atom. The minimum absolute atomic E-state index is 0.136. The molecular formula is C55H68N4O18S3. The first kappa shape index (κ1) is 63.7. The van der Waals surface area contributed by atoms with Crippen molar-refractivity contribution in [1.82, 2.24) is 16.0 Å². The lowest BCUT2D eigenvalue weighted by Gasteiger charge is -2.29. The Kier molecular flexibility index (Phi) is 21.0. The van der Waals surface area contributed by atoms with Crippen LogP contribution in [0.1, 0.15) is 108 Å². The Morgan fingerprint density at radius 3 is 1.99 bits per heavy atom. The predicted octanol–water partition coefficient (Wildman–Crippen LogP) is 7.18. The fourth-order valence-corrected chi connectivity index (χ4v) is 10.9. The highest BCUT2D eigenvalue weighted by atomic mass is 32.2. The van der Waals surface area contributed by atoms with E-state index in [0.717, 1.165) is 28.0 Å². The Labute approximate surface area is 465 Å². The van der Waals surface area contributed by atoms with E-state index >= 15 is 0 Å². The molecule has 1 aliphatic carbocycles. The number of hydrogen-bond acceptors (Lipinski definition) is 13. The molecular weight excluding hydrogens is 1100 g/mol. The topological polar surface area (TPSA) is 358 Å². The molecule has 5 rings (SSSR count). The van der Waals surface area contributed by atoms with Gasteiger partial charge in [-0.05, 0) is 146 Å². The molecule has 1 unspecified atom stereocenters. The minimum atomic E-state index is -4.58. The summed E-state index contributed by atoms with van der Waals surface area (Å²) in [6.45, 7) is 14.2. The second-order valence-electron chi connectivity index (χ2n) is 20.5. The Balaban J connectivity index is 1.42. The van der Waals surface area contributed by atoms with Gasteiger partial charge in [-0.2, -0.15) is 25.3 Å². The van der Waals surface area contributed by atoms with Crippen molar-refractivity contribution in [2.24, 2.45) is 0 Å². The number of carboxylic acid groups (broad SMARTS) is 3. The van der Waals surface area contributed by atoms with Crippen molar-refractivity contribution in [3.63, 3.8) is 0 Å². The molecule has 0 radical (unpaired) electrons. The maximum absolute atomic E-state index is 12.8. The summed E-state index contributed by atoms with van der Waals surface area (Å²) >= 11 is 0. The van der Waals surface area contributed by atoms with E-state index < -0.39 is 102 Å². The van der Waals surface area contributed by atoms with E-state index in [0.29, 0.717) is 72.5 Å². The number of nitrogens with one attached hydrogen (secondary N) is 3. The van der Waals surface area contributed by atoms with Crippen LogP contribution in [-0.2, 0) is 66.8 Å². The number of allylic oxidation sites excluding steroid dienone is 8. The van der Waals surface area contributed by atoms with Gasteiger partial charge < -0.3 is 40.9 Å². The molecule has 434 valence electrons. The van der Waals surface area contributed by atoms with Gasteiger partial charge in [-0.15, -0.1) is 0 Å². The average Bonchev–Trinajstić information content (AvgIpc) is 3.57. The molecule has 80 heavy (non-hydrogen) atoms. The summed E-state index contributed by atoms with van der Waals surface area (Å²) in [4.78, 5) is 60.7. The van der Waals surface area contributed by atoms with Crippen molar-refractivity contribution >= 4 is 65.9 Å². The summed E-state index contributed by atoms with van der Waals surface area (Å²) < 4.78 is 108. The van der Waals surface area contributed by atoms with Gasteiger partial charge in [0.25, 0.3) is 30.4 Å². The van der Waals surface area contributed by atoms with Gasteiger partial charge in [0.2, 0.25) is 5.91 Å². The molecule has 9 N–H and O–H groups in total. The third-order valence-corrected chi connectivity index (χ3v) is 16.5. The minimum Gasteiger partial charge on any atom is -0.481 e. The number of amides is 3. The number of carbonyl (C=O) groups excluding carboxylic acids is 2. The van der Waals surface area contributed by atoms with Gasteiger partial charge in [0, 0.05) is 48.1 Å². The van der Waals surface area contributed by atoms with Crippen LogP contribution in [0.25, 0.3) is 0 Å². The number of carbonyl (C=O) groups is 5. The van der Waals surface area contributed by atoms with Crippen LogP contribution in [-0.4, -0.2) is 115 Å². The van der Waals surface area contributed by atoms with Crippen LogP contribution in [0.2, 0.25) is 0 Å². The largest absolute Gasteiger partial charge is 0.481 e. The SMILES string of the molecule is C=C(/C=C/C1=C(Oc2ccc(CCNC(=O)CC[C@H](NC(=O)NC(CCC(=O)O)C(=O)O)C(=O)O)cc2)C(=C/C=C2/N(CCCCS(=O)(=O)O)c3ccc(S(=O)(=O)O)cc3C2(C)C)/CCC1)C(C)(C)c1cc(S(=O)(=O)O)ccc1C. The van der Waals surface area contributed by atoms with Gasteiger partial charge in [0.15, 0.2) is 0 Å². The number of carboxylic acids is 3. The van der Waals surface area contributed by atoms with E-state index in [9.17, 15) is 73.1 Å². The van der Waals surface area contributed by atoms with Crippen molar-refractivity contribution in [1.29, 1.82) is 0 Å². The quantitative estimate of drug-likeness (QED) is 0.0207. The molecule has 25 heteroatoms. The van der Waals surface area contributed by atoms with Gasteiger partial charge in [-0.3, -0.25) is 23.2 Å². The Bertz CT molecular complexity index is 3360. The number of anilines is 1. The van der Waals surface area contributed by atoms with Gasteiger partial charge in [-0.1, -0.05) is 70.7 Å². The fraction of sp³-hybridized carbons (Fsp3) is 0.400. The van der Waals surface area contributed by atoms with Crippen LogP contribution in [0.15, 0.2) is 130 Å². The number of aliphatic carboxylic acids is 3. The summed E-state index contributed by atoms with van der Waals surface area (Å²) in [6, 6.07) is 11.4. The zero-order chi connectivity index (χ0) is 59.5. The Morgan fingerprint density at radius 1 is 0.800 bits per heavy atom. The van der Waals surface area contributed by atoms with E-state index in [1.54, 1.807) is 36.4 Å². The van der Waals surface area contributed by atoms with Gasteiger partial charge in [0.05, 0.1) is 15.5 Å². The molecule has 3 aromatic rings. The maximum Gasteiger partial charge on any atom is 0.326 e. The van der Waals surface area contributed by atoms with E-state index in [-0.39, 0.29) is 35.6 Å². The summed E-state index contributed by atoms with van der Waals surface area (Å²) in [5.74, 6) is -4.32. The molecule has 0 saturated heterocycles. The van der Waals surface area contributed by atoms with E-state index in [4.69, 9.17) is 9.84 Å². The molecule has 0 fully saturated rings. The average molecular weight is 1170 g/mol. The molecule has 0 bridgehead atoms. The number of aryl methyl sites for hydroxylation is 1. The molecule has 3 amide bonds. The third kappa shape index (κ3) is 17.4. The maximum atomic E-state index is 12.8. The van der Waals surface area contributed by atoms with Gasteiger partial charge in [0.1, 0.15) is 23.6 Å². The number of hydrogen-bond donors (Lipinski definition) is 9. The van der Waals surface area contributed by atoms with Crippen LogP contribution in [0, 0.1) is 6.92 Å². The molecule has 3 aromatic carbocycles. The van der Waals surface area contributed by atoms with Gasteiger partial charge >= 0.3 is 23.9 Å². The highest BCUT2D eigenvalue weighted by Crippen LogP contribution is 2.49. The molecule has 0 spiro atoms. The first-order chi connectivity index (χ1) is 37.2.